The first-order valence-electron chi connectivity index (χ1n) is 6.56. The lowest BCUT2D eigenvalue weighted by Gasteiger charge is -2.01. The van der Waals surface area contributed by atoms with E-state index in [4.69, 9.17) is 9.26 Å². The Morgan fingerprint density at radius 2 is 1.73 bits per heavy atom. The fourth-order valence-electron chi connectivity index (χ4n) is 2.11. The quantitative estimate of drug-likeness (QED) is 0.664. The maximum atomic E-state index is 5.32. The highest BCUT2D eigenvalue weighted by molar-refractivity contribution is 9.10. The van der Waals surface area contributed by atoms with Crippen LogP contribution < -0.4 is 4.74 Å². The molecule has 3 aromatic rings. The number of rotatable bonds is 3. The molecule has 22 heavy (non-hydrogen) atoms. The Morgan fingerprint density at radius 3 is 2.41 bits per heavy atom. The zero-order chi connectivity index (χ0) is 15.7. The lowest BCUT2D eigenvalue weighted by Crippen LogP contribution is -1.90. The van der Waals surface area contributed by atoms with E-state index < -0.39 is 0 Å². The Balaban J connectivity index is 2.02. The van der Waals surface area contributed by atoms with Crippen molar-refractivity contribution in [2.24, 2.45) is 0 Å². The Bertz CT molecular complexity index is 812. The molecule has 6 nitrogen and oxygen atoms in total. The van der Waals surface area contributed by atoms with Crippen LogP contribution in [0.5, 0.6) is 5.75 Å². The van der Waals surface area contributed by atoms with Crippen LogP contribution in [-0.2, 0) is 0 Å². The minimum atomic E-state index is 0.335. The monoisotopic (exact) mass is 360 g/mol. The van der Waals surface area contributed by atoms with Gasteiger partial charge >= 0.3 is 0 Å². The van der Waals surface area contributed by atoms with Crippen molar-refractivity contribution >= 4 is 15.9 Å². The van der Waals surface area contributed by atoms with E-state index >= 15 is 0 Å². The van der Waals surface area contributed by atoms with Crippen LogP contribution in [0.3, 0.4) is 0 Å². The molecule has 0 aliphatic rings. The van der Waals surface area contributed by atoms with Gasteiger partial charge in [0.25, 0.3) is 5.89 Å². The topological polar surface area (TPSA) is 73.9 Å². The summed E-state index contributed by atoms with van der Waals surface area (Å²) >= 11 is 3.33. The Kier molecular flexibility index (Phi) is 3.89. The minimum absolute atomic E-state index is 0.335. The molecule has 112 valence electrons. The third-order valence-electron chi connectivity index (χ3n) is 2.99. The smallest absolute Gasteiger partial charge is 0.277 e. The predicted octanol–water partition coefficient (Wildman–Crippen LogP) is 3.58. The van der Waals surface area contributed by atoms with Gasteiger partial charge in [-0.1, -0.05) is 5.16 Å². The van der Waals surface area contributed by atoms with Gasteiger partial charge in [-0.05, 0) is 41.9 Å². The number of methoxy groups -OCH3 is 1. The van der Waals surface area contributed by atoms with Gasteiger partial charge in [-0.3, -0.25) is 4.98 Å². The van der Waals surface area contributed by atoms with Gasteiger partial charge in [0.15, 0.2) is 0 Å². The summed E-state index contributed by atoms with van der Waals surface area (Å²) in [6.45, 7) is 3.86. The molecule has 0 radical (unpaired) electrons. The van der Waals surface area contributed by atoms with Gasteiger partial charge < -0.3 is 9.26 Å². The van der Waals surface area contributed by atoms with Crippen molar-refractivity contribution in [1.29, 1.82) is 0 Å². The summed E-state index contributed by atoms with van der Waals surface area (Å²) in [7, 11) is 1.59. The summed E-state index contributed by atoms with van der Waals surface area (Å²) < 4.78 is 11.2. The van der Waals surface area contributed by atoms with E-state index in [1.807, 2.05) is 26.0 Å². The number of nitrogens with zero attached hydrogens (tertiary/aromatic N) is 4. The van der Waals surface area contributed by atoms with Crippen LogP contribution in [0.1, 0.15) is 11.4 Å². The highest BCUT2D eigenvalue weighted by Crippen LogP contribution is 2.26. The van der Waals surface area contributed by atoms with Gasteiger partial charge in [-0.25, -0.2) is 4.98 Å². The van der Waals surface area contributed by atoms with Crippen LogP contribution in [0, 0.1) is 13.8 Å². The number of pyridine rings is 2. The molecule has 3 aromatic heterocycles. The van der Waals surface area contributed by atoms with Crippen molar-refractivity contribution in [1.82, 2.24) is 20.1 Å². The van der Waals surface area contributed by atoms with Gasteiger partial charge in [-0.15, -0.1) is 0 Å². The second kappa shape index (κ2) is 5.84. The summed E-state index contributed by atoms with van der Waals surface area (Å²) in [4.78, 5) is 13.1. The van der Waals surface area contributed by atoms with Gasteiger partial charge in [0, 0.05) is 29.1 Å². The van der Waals surface area contributed by atoms with E-state index in [-0.39, 0.29) is 0 Å². The average Bonchev–Trinajstić information content (AvgIpc) is 2.95. The third-order valence-corrected chi connectivity index (χ3v) is 3.39. The minimum Gasteiger partial charge on any atom is -0.497 e. The molecular weight excluding hydrogens is 348 g/mol. The Morgan fingerprint density at radius 1 is 1.00 bits per heavy atom. The highest BCUT2D eigenvalue weighted by atomic mass is 79.9. The van der Waals surface area contributed by atoms with Crippen molar-refractivity contribution in [2.45, 2.75) is 13.8 Å². The number of hydrogen-bond acceptors (Lipinski definition) is 6. The second-order valence-corrected chi connectivity index (χ2v) is 5.59. The highest BCUT2D eigenvalue weighted by Gasteiger charge is 2.14. The maximum absolute atomic E-state index is 5.32. The van der Waals surface area contributed by atoms with Gasteiger partial charge in [-0.2, -0.15) is 4.98 Å². The number of aromatic nitrogens is 4. The molecule has 0 unspecified atom stereocenters. The molecule has 0 spiro atoms. The first-order valence-corrected chi connectivity index (χ1v) is 7.36. The SMILES string of the molecule is COc1cc(Br)nc(-c2nc(-c3cc(C)nc(C)c3)no2)c1. The van der Waals surface area contributed by atoms with Crippen LogP contribution in [0.4, 0.5) is 0 Å². The third kappa shape index (κ3) is 2.99. The summed E-state index contributed by atoms with van der Waals surface area (Å²) in [5.74, 6) is 1.50. The van der Waals surface area contributed by atoms with Crippen molar-refractivity contribution in [3.05, 3.63) is 40.3 Å². The predicted molar refractivity (Wildman–Crippen MR) is 84.5 cm³/mol. The molecule has 0 fully saturated rings. The molecule has 3 rings (SSSR count). The van der Waals surface area contributed by atoms with Gasteiger partial charge in [0.2, 0.25) is 5.82 Å². The number of halogens is 1. The molecule has 7 heteroatoms. The zero-order valence-corrected chi connectivity index (χ0v) is 13.9. The zero-order valence-electron chi connectivity index (χ0n) is 12.3. The maximum Gasteiger partial charge on any atom is 0.277 e. The summed E-state index contributed by atoms with van der Waals surface area (Å²) in [6.07, 6.45) is 0. The molecule has 0 saturated carbocycles. The van der Waals surface area contributed by atoms with E-state index in [2.05, 4.69) is 36.0 Å². The van der Waals surface area contributed by atoms with Crippen LogP contribution in [0.15, 0.2) is 33.4 Å². The first kappa shape index (κ1) is 14.6. The van der Waals surface area contributed by atoms with Crippen molar-refractivity contribution in [2.75, 3.05) is 7.11 Å². The molecule has 0 N–H and O–H groups in total. The van der Waals surface area contributed by atoms with Crippen molar-refractivity contribution in [3.63, 3.8) is 0 Å². The molecule has 3 heterocycles. The normalized spacial score (nSPS) is 10.7. The molecule has 0 aliphatic heterocycles. The average molecular weight is 361 g/mol. The number of aryl methyl sites for hydroxylation is 2. The molecule has 0 bridgehead atoms. The van der Waals surface area contributed by atoms with E-state index in [0.29, 0.717) is 27.8 Å². The van der Waals surface area contributed by atoms with Crippen molar-refractivity contribution < 1.29 is 9.26 Å². The molecule has 0 atom stereocenters. The van der Waals surface area contributed by atoms with Crippen LogP contribution in [0.2, 0.25) is 0 Å². The van der Waals surface area contributed by atoms with Crippen LogP contribution >= 0.6 is 15.9 Å². The molecule has 0 aliphatic carbocycles. The van der Waals surface area contributed by atoms with Gasteiger partial charge in [0.1, 0.15) is 16.0 Å². The van der Waals surface area contributed by atoms with Gasteiger partial charge in [0.05, 0.1) is 7.11 Å². The first-order chi connectivity index (χ1) is 10.5. The molecule has 0 amide bonds. The van der Waals surface area contributed by atoms with Crippen LogP contribution in [-0.4, -0.2) is 27.2 Å². The standard InChI is InChI=1S/C15H13BrN4O2/c1-8-4-10(5-9(2)17-8)14-19-15(22-20-14)12-6-11(21-3)7-13(16)18-12/h4-7H,1-3H3. The fraction of sp³-hybridized carbons (Fsp3) is 0.200. The summed E-state index contributed by atoms with van der Waals surface area (Å²) in [5, 5.41) is 4.02. The lowest BCUT2D eigenvalue weighted by atomic mass is 10.2. The Hall–Kier alpha value is -2.28. The second-order valence-electron chi connectivity index (χ2n) is 4.78. The molecule has 0 saturated heterocycles. The van der Waals surface area contributed by atoms with Crippen molar-refractivity contribution in [3.8, 4) is 28.7 Å². The lowest BCUT2D eigenvalue weighted by molar-refractivity contribution is 0.411. The Labute approximate surface area is 135 Å². The largest absolute Gasteiger partial charge is 0.497 e. The fourth-order valence-corrected chi connectivity index (χ4v) is 2.53. The number of hydrogen-bond donors (Lipinski definition) is 0. The van der Waals surface area contributed by atoms with E-state index in [1.165, 1.54) is 0 Å². The summed E-state index contributed by atoms with van der Waals surface area (Å²) in [6, 6.07) is 7.33. The number of ether oxygens (including phenoxy) is 1. The summed E-state index contributed by atoms with van der Waals surface area (Å²) in [5.41, 5.74) is 3.22. The molecule has 0 aromatic carbocycles. The van der Waals surface area contributed by atoms with Crippen LogP contribution in [0.25, 0.3) is 23.0 Å². The van der Waals surface area contributed by atoms with E-state index in [1.54, 1.807) is 19.2 Å². The van der Waals surface area contributed by atoms with E-state index in [0.717, 1.165) is 17.0 Å². The van der Waals surface area contributed by atoms with E-state index in [9.17, 15) is 0 Å². The molecular formula is C15H13BrN4O2.